The molecule has 1 unspecified atom stereocenters. The van der Waals surface area contributed by atoms with Crippen molar-refractivity contribution in [2.24, 2.45) is 5.41 Å². The molecule has 1 aromatic carbocycles. The molecule has 0 aliphatic carbocycles. The fourth-order valence-electron chi connectivity index (χ4n) is 2.20. The highest BCUT2D eigenvalue weighted by Crippen LogP contribution is 2.38. The Morgan fingerprint density at radius 1 is 1.27 bits per heavy atom. The summed E-state index contributed by atoms with van der Waals surface area (Å²) in [5.41, 5.74) is 1.51. The third-order valence-corrected chi connectivity index (χ3v) is 3.14. The molecule has 0 saturated carbocycles. The molecule has 1 nitrogen and oxygen atoms in total. The van der Waals surface area contributed by atoms with Gasteiger partial charge in [-0.25, -0.2) is 4.39 Å². The first kappa shape index (κ1) is 12.5. The van der Waals surface area contributed by atoms with Crippen molar-refractivity contribution in [1.82, 2.24) is 5.32 Å². The van der Waals surface area contributed by atoms with Gasteiger partial charge < -0.3 is 5.32 Å². The Labute approximate surface area is 96.5 Å². The molecule has 2 rings (SSSR count). The van der Waals surface area contributed by atoms with Crippen LogP contribution in [0.2, 0.25) is 0 Å². The summed E-state index contributed by atoms with van der Waals surface area (Å²) < 4.78 is 12.8. The van der Waals surface area contributed by atoms with E-state index in [1.165, 1.54) is 5.56 Å². The van der Waals surface area contributed by atoms with Gasteiger partial charge in [-0.15, -0.1) is 12.4 Å². The van der Waals surface area contributed by atoms with Crippen molar-refractivity contribution < 1.29 is 4.39 Å². The number of halogens is 2. The molecular formula is C12H17ClFN. The summed E-state index contributed by atoms with van der Waals surface area (Å²) in [7, 11) is 0. The standard InChI is InChI=1S/C12H16FN.ClH/c1-12(2)8-14-7-11(12)9-3-5-10(13)6-4-9;/h3-6,11,14H,7-8H2,1-2H3;1H. The van der Waals surface area contributed by atoms with Crippen LogP contribution in [0.25, 0.3) is 0 Å². The number of rotatable bonds is 1. The molecular weight excluding hydrogens is 213 g/mol. The quantitative estimate of drug-likeness (QED) is 0.781. The monoisotopic (exact) mass is 229 g/mol. The number of hydrogen-bond donors (Lipinski definition) is 1. The molecule has 15 heavy (non-hydrogen) atoms. The van der Waals surface area contributed by atoms with E-state index in [1.807, 2.05) is 12.1 Å². The summed E-state index contributed by atoms with van der Waals surface area (Å²) in [5.74, 6) is 0.348. The largest absolute Gasteiger partial charge is 0.316 e. The van der Waals surface area contributed by atoms with Crippen LogP contribution in [0.1, 0.15) is 25.3 Å². The Balaban J connectivity index is 0.00000112. The van der Waals surface area contributed by atoms with Crippen molar-refractivity contribution in [3.8, 4) is 0 Å². The van der Waals surface area contributed by atoms with E-state index < -0.39 is 0 Å². The van der Waals surface area contributed by atoms with E-state index in [0.29, 0.717) is 5.92 Å². The lowest BCUT2D eigenvalue weighted by Crippen LogP contribution is -2.20. The van der Waals surface area contributed by atoms with Crippen LogP contribution in [0.5, 0.6) is 0 Å². The Kier molecular flexibility index (Phi) is 3.74. The van der Waals surface area contributed by atoms with E-state index in [1.54, 1.807) is 12.1 Å². The van der Waals surface area contributed by atoms with Crippen LogP contribution in [-0.2, 0) is 0 Å². The molecule has 1 N–H and O–H groups in total. The van der Waals surface area contributed by atoms with E-state index in [9.17, 15) is 4.39 Å². The van der Waals surface area contributed by atoms with Crippen LogP contribution < -0.4 is 5.32 Å². The molecule has 1 aliphatic heterocycles. The van der Waals surface area contributed by atoms with Crippen LogP contribution in [-0.4, -0.2) is 13.1 Å². The third kappa shape index (κ3) is 2.50. The first-order chi connectivity index (χ1) is 6.59. The summed E-state index contributed by atoms with van der Waals surface area (Å²) >= 11 is 0. The molecule has 1 aromatic rings. The Morgan fingerprint density at radius 3 is 2.33 bits per heavy atom. The second-order valence-corrected chi connectivity index (χ2v) is 4.72. The molecule has 1 aliphatic rings. The molecule has 1 saturated heterocycles. The normalized spacial score (nSPS) is 23.5. The van der Waals surface area contributed by atoms with E-state index in [0.717, 1.165) is 13.1 Å². The highest BCUT2D eigenvalue weighted by molar-refractivity contribution is 5.85. The zero-order chi connectivity index (χ0) is 10.2. The summed E-state index contributed by atoms with van der Waals surface area (Å²) in [6.45, 7) is 6.54. The maximum Gasteiger partial charge on any atom is 0.123 e. The lowest BCUT2D eigenvalue weighted by Gasteiger charge is -2.25. The molecule has 0 amide bonds. The van der Waals surface area contributed by atoms with E-state index in [-0.39, 0.29) is 23.6 Å². The highest BCUT2D eigenvalue weighted by Gasteiger charge is 2.35. The number of hydrogen-bond acceptors (Lipinski definition) is 1. The smallest absolute Gasteiger partial charge is 0.123 e. The van der Waals surface area contributed by atoms with Gasteiger partial charge in [-0.2, -0.15) is 0 Å². The van der Waals surface area contributed by atoms with E-state index >= 15 is 0 Å². The molecule has 1 atom stereocenters. The first-order valence-electron chi connectivity index (χ1n) is 5.06. The van der Waals surface area contributed by atoms with Gasteiger partial charge in [0.15, 0.2) is 0 Å². The second-order valence-electron chi connectivity index (χ2n) is 4.72. The molecule has 1 heterocycles. The van der Waals surface area contributed by atoms with Gasteiger partial charge in [0, 0.05) is 19.0 Å². The van der Waals surface area contributed by atoms with Crippen LogP contribution in [0.4, 0.5) is 4.39 Å². The SMILES string of the molecule is CC1(C)CNCC1c1ccc(F)cc1.Cl. The molecule has 84 valence electrons. The molecule has 0 bridgehead atoms. The Bertz CT molecular complexity index is 321. The average Bonchev–Trinajstić information content (AvgIpc) is 2.47. The second kappa shape index (κ2) is 4.50. The minimum atomic E-state index is -0.155. The van der Waals surface area contributed by atoms with E-state index in [4.69, 9.17) is 0 Å². The lowest BCUT2D eigenvalue weighted by atomic mass is 9.78. The van der Waals surface area contributed by atoms with Gasteiger partial charge in [0.1, 0.15) is 5.82 Å². The number of benzene rings is 1. The fourth-order valence-corrected chi connectivity index (χ4v) is 2.20. The maximum absolute atomic E-state index is 12.8. The lowest BCUT2D eigenvalue weighted by molar-refractivity contribution is 0.363. The first-order valence-corrected chi connectivity index (χ1v) is 5.06. The van der Waals surface area contributed by atoms with Gasteiger partial charge in [-0.1, -0.05) is 26.0 Å². The maximum atomic E-state index is 12.8. The van der Waals surface area contributed by atoms with Gasteiger partial charge >= 0.3 is 0 Å². The van der Waals surface area contributed by atoms with Crippen molar-refractivity contribution >= 4 is 12.4 Å². The minimum absolute atomic E-state index is 0. The average molecular weight is 230 g/mol. The summed E-state index contributed by atoms with van der Waals surface area (Å²) in [6, 6.07) is 6.89. The zero-order valence-electron chi connectivity index (χ0n) is 9.09. The fraction of sp³-hybridized carbons (Fsp3) is 0.500. The van der Waals surface area contributed by atoms with Crippen molar-refractivity contribution in [3.05, 3.63) is 35.6 Å². The molecule has 1 fully saturated rings. The van der Waals surface area contributed by atoms with Crippen molar-refractivity contribution in [2.45, 2.75) is 19.8 Å². The Hall–Kier alpha value is -0.600. The highest BCUT2D eigenvalue weighted by atomic mass is 35.5. The van der Waals surface area contributed by atoms with Crippen LogP contribution in [0.15, 0.2) is 24.3 Å². The minimum Gasteiger partial charge on any atom is -0.316 e. The van der Waals surface area contributed by atoms with Gasteiger partial charge in [-0.3, -0.25) is 0 Å². The van der Waals surface area contributed by atoms with Crippen molar-refractivity contribution in [3.63, 3.8) is 0 Å². The molecule has 0 radical (unpaired) electrons. The topological polar surface area (TPSA) is 12.0 Å². The van der Waals surface area contributed by atoms with Crippen LogP contribution >= 0.6 is 12.4 Å². The van der Waals surface area contributed by atoms with Crippen molar-refractivity contribution in [2.75, 3.05) is 13.1 Å². The molecule has 0 aromatic heterocycles. The van der Waals surface area contributed by atoms with Crippen molar-refractivity contribution in [1.29, 1.82) is 0 Å². The Morgan fingerprint density at radius 2 is 1.87 bits per heavy atom. The summed E-state index contributed by atoms with van der Waals surface area (Å²) in [5, 5.41) is 3.38. The zero-order valence-corrected chi connectivity index (χ0v) is 9.90. The van der Waals surface area contributed by atoms with Gasteiger partial charge in [0.25, 0.3) is 0 Å². The van der Waals surface area contributed by atoms with Crippen LogP contribution in [0, 0.1) is 11.2 Å². The van der Waals surface area contributed by atoms with Gasteiger partial charge in [0.05, 0.1) is 0 Å². The molecule has 3 heteroatoms. The van der Waals surface area contributed by atoms with Gasteiger partial charge in [-0.05, 0) is 23.1 Å². The summed E-state index contributed by atoms with van der Waals surface area (Å²) in [6.07, 6.45) is 0. The third-order valence-electron chi connectivity index (χ3n) is 3.14. The molecule has 0 spiro atoms. The van der Waals surface area contributed by atoms with Gasteiger partial charge in [0.2, 0.25) is 0 Å². The summed E-state index contributed by atoms with van der Waals surface area (Å²) in [4.78, 5) is 0. The van der Waals surface area contributed by atoms with Crippen LogP contribution in [0.3, 0.4) is 0 Å². The van der Waals surface area contributed by atoms with E-state index in [2.05, 4.69) is 19.2 Å². The number of nitrogens with one attached hydrogen (secondary N) is 1. The predicted octanol–water partition coefficient (Wildman–Crippen LogP) is 2.96. The predicted molar refractivity (Wildman–Crippen MR) is 63.0 cm³/mol.